The van der Waals surface area contributed by atoms with Crippen LogP contribution in [0.5, 0.6) is 0 Å². The molecular formula is C13H19ClN2O2S. The molecule has 1 fully saturated rings. The first-order valence-electron chi connectivity index (χ1n) is 6.38. The van der Waals surface area contributed by atoms with Gasteiger partial charge in [0.15, 0.2) is 9.84 Å². The molecule has 1 aliphatic rings. The lowest BCUT2D eigenvalue weighted by atomic mass is 10.0. The molecule has 2 rings (SSSR count). The van der Waals surface area contributed by atoms with Crippen molar-refractivity contribution in [2.75, 3.05) is 18.1 Å². The summed E-state index contributed by atoms with van der Waals surface area (Å²) in [4.78, 5) is 0.279. The molecule has 0 radical (unpaired) electrons. The quantitative estimate of drug-likeness (QED) is 0.895. The molecule has 0 heterocycles. The number of nitrogens with one attached hydrogen (secondary N) is 1. The second kappa shape index (κ2) is 5.69. The van der Waals surface area contributed by atoms with Crippen LogP contribution < -0.4 is 11.1 Å². The summed E-state index contributed by atoms with van der Waals surface area (Å²) in [5.74, 6) is 0.429. The highest BCUT2D eigenvalue weighted by molar-refractivity contribution is 7.90. The zero-order valence-electron chi connectivity index (χ0n) is 10.9. The number of halogens is 1. The van der Waals surface area contributed by atoms with E-state index in [0.717, 1.165) is 19.3 Å². The average molecular weight is 303 g/mol. The molecule has 0 aromatic heterocycles. The van der Waals surface area contributed by atoms with Crippen molar-refractivity contribution in [1.82, 2.24) is 0 Å². The maximum absolute atomic E-state index is 11.6. The average Bonchev–Trinajstić information content (AvgIpc) is 2.77. The maximum atomic E-state index is 11.6. The van der Waals surface area contributed by atoms with Gasteiger partial charge in [-0.05, 0) is 43.5 Å². The van der Waals surface area contributed by atoms with E-state index in [4.69, 9.17) is 17.3 Å². The van der Waals surface area contributed by atoms with Crippen molar-refractivity contribution < 1.29 is 8.42 Å². The minimum atomic E-state index is -3.22. The Bertz CT molecular complexity index is 560. The van der Waals surface area contributed by atoms with Gasteiger partial charge in [-0.1, -0.05) is 18.0 Å². The van der Waals surface area contributed by atoms with Crippen molar-refractivity contribution >= 4 is 27.1 Å². The van der Waals surface area contributed by atoms with Gasteiger partial charge in [0, 0.05) is 12.3 Å². The molecule has 106 valence electrons. The largest absolute Gasteiger partial charge is 0.381 e. The Kier molecular flexibility index (Phi) is 4.38. The summed E-state index contributed by atoms with van der Waals surface area (Å²) >= 11 is 6.13. The number of sulfone groups is 1. The Morgan fingerprint density at radius 3 is 2.79 bits per heavy atom. The Morgan fingerprint density at radius 2 is 2.16 bits per heavy atom. The van der Waals surface area contributed by atoms with Crippen molar-refractivity contribution in [2.24, 2.45) is 11.7 Å². The molecule has 0 amide bonds. The van der Waals surface area contributed by atoms with E-state index in [-0.39, 0.29) is 10.9 Å². The van der Waals surface area contributed by atoms with Crippen LogP contribution in [-0.2, 0) is 9.84 Å². The molecule has 0 spiro atoms. The third-order valence-corrected chi connectivity index (χ3v) is 5.11. The number of anilines is 1. The number of rotatable bonds is 4. The predicted octanol–water partition coefficient (Wildman–Crippen LogP) is 2.28. The van der Waals surface area contributed by atoms with E-state index in [0.29, 0.717) is 23.2 Å². The van der Waals surface area contributed by atoms with Crippen LogP contribution in [0.3, 0.4) is 0 Å². The second-order valence-corrected chi connectivity index (χ2v) is 7.51. The number of hydrogen-bond acceptors (Lipinski definition) is 4. The zero-order valence-corrected chi connectivity index (χ0v) is 12.5. The molecule has 6 heteroatoms. The molecule has 3 N–H and O–H groups in total. The van der Waals surface area contributed by atoms with Gasteiger partial charge < -0.3 is 11.1 Å². The van der Waals surface area contributed by atoms with Gasteiger partial charge in [0.25, 0.3) is 0 Å². The normalized spacial score (nSPS) is 23.5. The van der Waals surface area contributed by atoms with E-state index in [9.17, 15) is 8.42 Å². The van der Waals surface area contributed by atoms with Gasteiger partial charge in [-0.3, -0.25) is 0 Å². The highest BCUT2D eigenvalue weighted by atomic mass is 35.5. The minimum Gasteiger partial charge on any atom is -0.381 e. The minimum absolute atomic E-state index is 0.275. The summed E-state index contributed by atoms with van der Waals surface area (Å²) in [5.41, 5.74) is 6.42. The van der Waals surface area contributed by atoms with Gasteiger partial charge in [-0.2, -0.15) is 0 Å². The van der Waals surface area contributed by atoms with Crippen LogP contribution in [0.25, 0.3) is 0 Å². The molecule has 0 bridgehead atoms. The summed E-state index contributed by atoms with van der Waals surface area (Å²) in [6.45, 7) is 0.640. The van der Waals surface area contributed by atoms with Gasteiger partial charge in [0.1, 0.15) is 0 Å². The molecule has 2 atom stereocenters. The standard InChI is InChI=1S/C13H19ClN2O2S/c1-19(17,18)10-5-6-11(14)13(7-10)16-12-4-2-3-9(12)8-15/h5-7,9,12,16H,2-4,8,15H2,1H3. The smallest absolute Gasteiger partial charge is 0.175 e. The van der Waals surface area contributed by atoms with Crippen LogP contribution in [0.2, 0.25) is 5.02 Å². The maximum Gasteiger partial charge on any atom is 0.175 e. The first-order valence-corrected chi connectivity index (χ1v) is 8.65. The molecule has 19 heavy (non-hydrogen) atoms. The highest BCUT2D eigenvalue weighted by Gasteiger charge is 2.26. The van der Waals surface area contributed by atoms with E-state index in [1.165, 1.54) is 12.3 Å². The fourth-order valence-electron chi connectivity index (χ4n) is 2.55. The molecular weight excluding hydrogens is 284 g/mol. The number of nitrogens with two attached hydrogens (primary N) is 1. The van der Waals surface area contributed by atoms with Gasteiger partial charge >= 0.3 is 0 Å². The third-order valence-electron chi connectivity index (χ3n) is 3.67. The van der Waals surface area contributed by atoms with Crippen LogP contribution in [0, 0.1) is 5.92 Å². The third kappa shape index (κ3) is 3.41. The van der Waals surface area contributed by atoms with Crippen molar-refractivity contribution in [2.45, 2.75) is 30.2 Å². The topological polar surface area (TPSA) is 72.2 Å². The van der Waals surface area contributed by atoms with E-state index < -0.39 is 9.84 Å². The number of benzene rings is 1. The zero-order chi connectivity index (χ0) is 14.0. The van der Waals surface area contributed by atoms with Gasteiger partial charge in [0.05, 0.1) is 15.6 Å². The molecule has 1 aromatic carbocycles. The fourth-order valence-corrected chi connectivity index (χ4v) is 3.37. The molecule has 1 saturated carbocycles. The Hall–Kier alpha value is -0.780. The van der Waals surface area contributed by atoms with Crippen LogP contribution in [0.4, 0.5) is 5.69 Å². The molecule has 0 aliphatic heterocycles. The van der Waals surface area contributed by atoms with Crippen LogP contribution >= 0.6 is 11.6 Å². The van der Waals surface area contributed by atoms with Gasteiger partial charge in [0.2, 0.25) is 0 Å². The lowest BCUT2D eigenvalue weighted by Crippen LogP contribution is -2.29. The summed E-state index contributed by atoms with van der Waals surface area (Å²) in [6.07, 6.45) is 4.49. The monoisotopic (exact) mass is 302 g/mol. The van der Waals surface area contributed by atoms with Crippen LogP contribution in [-0.4, -0.2) is 27.3 Å². The summed E-state index contributed by atoms with van der Waals surface area (Å²) in [6, 6.07) is 5.02. The van der Waals surface area contributed by atoms with Crippen LogP contribution in [0.15, 0.2) is 23.1 Å². The molecule has 4 nitrogen and oxygen atoms in total. The van der Waals surface area contributed by atoms with Crippen molar-refractivity contribution in [3.05, 3.63) is 23.2 Å². The number of hydrogen-bond donors (Lipinski definition) is 2. The Balaban J connectivity index is 2.24. The Labute approximate surface area is 119 Å². The van der Waals surface area contributed by atoms with Crippen molar-refractivity contribution in [1.29, 1.82) is 0 Å². The highest BCUT2D eigenvalue weighted by Crippen LogP contribution is 2.31. The molecule has 1 aliphatic carbocycles. The van der Waals surface area contributed by atoms with Crippen LogP contribution in [0.1, 0.15) is 19.3 Å². The van der Waals surface area contributed by atoms with Crippen molar-refractivity contribution in [3.63, 3.8) is 0 Å². The van der Waals surface area contributed by atoms with E-state index in [2.05, 4.69) is 5.32 Å². The van der Waals surface area contributed by atoms with Gasteiger partial charge in [-0.25, -0.2) is 8.42 Å². The lowest BCUT2D eigenvalue weighted by Gasteiger charge is -2.21. The van der Waals surface area contributed by atoms with Gasteiger partial charge in [-0.15, -0.1) is 0 Å². The van der Waals surface area contributed by atoms with E-state index >= 15 is 0 Å². The molecule has 1 aromatic rings. The second-order valence-electron chi connectivity index (χ2n) is 5.09. The first-order chi connectivity index (χ1) is 8.91. The Morgan fingerprint density at radius 1 is 1.42 bits per heavy atom. The SMILES string of the molecule is CS(=O)(=O)c1ccc(Cl)c(NC2CCCC2CN)c1. The first kappa shape index (κ1) is 14.6. The summed E-state index contributed by atoms with van der Waals surface area (Å²) < 4.78 is 23.1. The molecule has 0 saturated heterocycles. The van der Waals surface area contributed by atoms with Crippen molar-refractivity contribution in [3.8, 4) is 0 Å². The fraction of sp³-hybridized carbons (Fsp3) is 0.538. The molecule has 2 unspecified atom stereocenters. The van der Waals surface area contributed by atoms with E-state index in [1.54, 1.807) is 12.1 Å². The summed E-state index contributed by atoms with van der Waals surface area (Å²) in [5, 5.41) is 3.88. The summed E-state index contributed by atoms with van der Waals surface area (Å²) in [7, 11) is -3.22. The van der Waals surface area contributed by atoms with E-state index in [1.807, 2.05) is 0 Å². The lowest BCUT2D eigenvalue weighted by molar-refractivity contribution is 0.516. The predicted molar refractivity (Wildman–Crippen MR) is 78.4 cm³/mol.